The Bertz CT molecular complexity index is 602. The molecule has 0 aromatic heterocycles. The molecule has 1 unspecified atom stereocenters. The van der Waals surface area contributed by atoms with Crippen LogP contribution in [0.25, 0.3) is 5.70 Å². The van der Waals surface area contributed by atoms with Crippen LogP contribution in [0.5, 0.6) is 0 Å². The molecule has 0 radical (unpaired) electrons. The predicted molar refractivity (Wildman–Crippen MR) is 80.6 cm³/mol. The topological polar surface area (TPSA) is 58.6 Å². The number of carbonyl (C=O) groups excluding carboxylic acids is 2. The van der Waals surface area contributed by atoms with Crippen molar-refractivity contribution in [3.63, 3.8) is 0 Å². The molecule has 0 bridgehead atoms. The maximum atomic E-state index is 12.4. The summed E-state index contributed by atoms with van der Waals surface area (Å²) in [6.45, 7) is 2.45. The molecule has 3 rings (SSSR count). The minimum atomic E-state index is -1.13. The Balaban J connectivity index is 1.96. The molecule has 2 heterocycles. The highest BCUT2D eigenvalue weighted by atomic mass is 32.2. The average Bonchev–Trinajstić information content (AvgIpc) is 2.86. The third-order valence-electron chi connectivity index (χ3n) is 3.30. The summed E-state index contributed by atoms with van der Waals surface area (Å²) >= 11 is 1.31. The first-order valence-corrected chi connectivity index (χ1v) is 7.75. The lowest BCUT2D eigenvalue weighted by Gasteiger charge is -2.41. The van der Waals surface area contributed by atoms with E-state index in [2.05, 4.69) is 5.32 Å². The number of fused-ring (bicyclic) bond motifs is 1. The van der Waals surface area contributed by atoms with Crippen LogP contribution >= 0.6 is 11.8 Å². The Morgan fingerprint density at radius 3 is 2.81 bits per heavy atom. The number of nitrogens with one attached hydrogen (secondary N) is 1. The van der Waals surface area contributed by atoms with E-state index in [1.165, 1.54) is 11.8 Å². The van der Waals surface area contributed by atoms with Crippen LogP contribution < -0.4 is 5.32 Å². The van der Waals surface area contributed by atoms with Crippen LogP contribution in [0.4, 0.5) is 0 Å². The van der Waals surface area contributed by atoms with E-state index in [1.807, 2.05) is 42.7 Å². The van der Waals surface area contributed by atoms with Crippen molar-refractivity contribution in [2.24, 2.45) is 0 Å². The number of thioether (sulfide) groups is 1. The summed E-state index contributed by atoms with van der Waals surface area (Å²) < 4.78 is 5.82. The van der Waals surface area contributed by atoms with E-state index < -0.39 is 5.18 Å². The number of amides is 2. The molecule has 2 amide bonds. The first kappa shape index (κ1) is 14.2. The van der Waals surface area contributed by atoms with Crippen molar-refractivity contribution >= 4 is 29.3 Å². The Hall–Kier alpha value is -1.79. The van der Waals surface area contributed by atoms with Crippen molar-refractivity contribution in [2.75, 3.05) is 6.61 Å². The lowest BCUT2D eigenvalue weighted by atomic mass is 10.1. The van der Waals surface area contributed by atoms with E-state index in [4.69, 9.17) is 4.74 Å². The maximum Gasteiger partial charge on any atom is 0.284 e. The lowest BCUT2D eigenvalue weighted by molar-refractivity contribution is -0.162. The second-order valence-electron chi connectivity index (χ2n) is 4.87. The Kier molecular flexibility index (Phi) is 3.73. The molecular formula is C15H16N2O3S. The summed E-state index contributed by atoms with van der Waals surface area (Å²) in [6.07, 6.45) is 0.656. The summed E-state index contributed by atoms with van der Waals surface area (Å²) in [6, 6.07) is 9.63. The van der Waals surface area contributed by atoms with Crippen molar-refractivity contribution in [2.45, 2.75) is 24.9 Å². The molecule has 0 aliphatic carbocycles. The van der Waals surface area contributed by atoms with Gasteiger partial charge in [0.2, 0.25) is 11.8 Å². The van der Waals surface area contributed by atoms with Gasteiger partial charge in [-0.2, -0.15) is 0 Å². The summed E-state index contributed by atoms with van der Waals surface area (Å²) in [4.78, 5) is 25.7. The third kappa shape index (κ3) is 2.45. The zero-order valence-electron chi connectivity index (χ0n) is 11.7. The second kappa shape index (κ2) is 5.54. The molecule has 21 heavy (non-hydrogen) atoms. The smallest absolute Gasteiger partial charge is 0.284 e. The highest BCUT2D eigenvalue weighted by Crippen LogP contribution is 2.45. The fraction of sp³-hybridized carbons (Fsp3) is 0.333. The van der Waals surface area contributed by atoms with Crippen LogP contribution in [-0.4, -0.2) is 28.5 Å². The fourth-order valence-corrected chi connectivity index (χ4v) is 3.54. The molecule has 1 atom stereocenters. The fourth-order valence-electron chi connectivity index (χ4n) is 2.40. The molecule has 6 heteroatoms. The van der Waals surface area contributed by atoms with Gasteiger partial charge in [-0.05, 0) is 12.0 Å². The van der Waals surface area contributed by atoms with Crippen LogP contribution in [0.1, 0.15) is 25.3 Å². The molecule has 1 fully saturated rings. The SMILES string of the molecule is CCCOC12NC(=O)CC(=O)N1C(c1ccccc1)=CS2. The van der Waals surface area contributed by atoms with Crippen molar-refractivity contribution in [3.05, 3.63) is 41.3 Å². The predicted octanol–water partition coefficient (Wildman–Crippen LogP) is 2.12. The van der Waals surface area contributed by atoms with E-state index in [-0.39, 0.29) is 18.2 Å². The van der Waals surface area contributed by atoms with Crippen molar-refractivity contribution < 1.29 is 14.3 Å². The van der Waals surface area contributed by atoms with Gasteiger partial charge in [0, 0.05) is 5.41 Å². The largest absolute Gasteiger partial charge is 0.329 e. The summed E-state index contributed by atoms with van der Waals surface area (Å²) in [5.74, 6) is -0.544. The highest BCUT2D eigenvalue weighted by Gasteiger charge is 2.52. The van der Waals surface area contributed by atoms with E-state index in [1.54, 1.807) is 4.90 Å². The van der Waals surface area contributed by atoms with Crippen molar-refractivity contribution in [3.8, 4) is 0 Å². The molecule has 2 aliphatic rings. The number of hydrogen-bond donors (Lipinski definition) is 1. The van der Waals surface area contributed by atoms with Gasteiger partial charge in [-0.1, -0.05) is 49.0 Å². The molecule has 110 valence electrons. The van der Waals surface area contributed by atoms with Crippen molar-refractivity contribution in [1.29, 1.82) is 0 Å². The number of carbonyl (C=O) groups is 2. The van der Waals surface area contributed by atoms with Crippen LogP contribution in [0.2, 0.25) is 0 Å². The standard InChI is InChI=1S/C15H16N2O3S/c1-2-8-20-15-16-13(18)9-14(19)17(15)12(10-21-15)11-6-4-3-5-7-11/h3-7,10H,2,8-9H2,1H3,(H,16,18). The van der Waals surface area contributed by atoms with Crippen LogP contribution in [0.15, 0.2) is 35.7 Å². The van der Waals surface area contributed by atoms with Crippen LogP contribution in [0, 0.1) is 0 Å². The van der Waals surface area contributed by atoms with Crippen molar-refractivity contribution in [1.82, 2.24) is 10.2 Å². The molecule has 1 aromatic carbocycles. The van der Waals surface area contributed by atoms with Gasteiger partial charge in [0.1, 0.15) is 6.42 Å². The molecular weight excluding hydrogens is 288 g/mol. The van der Waals surface area contributed by atoms with Gasteiger partial charge in [-0.3, -0.25) is 14.5 Å². The minimum Gasteiger partial charge on any atom is -0.329 e. The monoisotopic (exact) mass is 304 g/mol. The molecule has 1 N–H and O–H groups in total. The minimum absolute atomic E-state index is 0.151. The molecule has 0 spiro atoms. The van der Waals surface area contributed by atoms with Gasteiger partial charge >= 0.3 is 0 Å². The summed E-state index contributed by atoms with van der Waals surface area (Å²) in [5, 5.41) is 3.55. The average molecular weight is 304 g/mol. The molecule has 5 nitrogen and oxygen atoms in total. The van der Waals surface area contributed by atoms with E-state index in [9.17, 15) is 9.59 Å². The van der Waals surface area contributed by atoms with Gasteiger partial charge in [0.15, 0.2) is 0 Å². The Morgan fingerprint density at radius 1 is 1.33 bits per heavy atom. The Labute approximate surface area is 127 Å². The Morgan fingerprint density at radius 2 is 2.10 bits per heavy atom. The normalized spacial score (nSPS) is 24.6. The summed E-state index contributed by atoms with van der Waals surface area (Å²) in [5.41, 5.74) is 1.69. The number of rotatable bonds is 4. The number of nitrogens with zero attached hydrogens (tertiary/aromatic N) is 1. The van der Waals surface area contributed by atoms with E-state index >= 15 is 0 Å². The maximum absolute atomic E-state index is 12.4. The zero-order chi connectivity index (χ0) is 14.9. The molecule has 2 aliphatic heterocycles. The van der Waals surface area contributed by atoms with Gasteiger partial charge in [-0.25, -0.2) is 0 Å². The highest BCUT2D eigenvalue weighted by molar-refractivity contribution is 8.03. The van der Waals surface area contributed by atoms with Gasteiger partial charge in [-0.15, -0.1) is 0 Å². The quantitative estimate of drug-likeness (QED) is 0.866. The zero-order valence-corrected chi connectivity index (χ0v) is 12.5. The second-order valence-corrected chi connectivity index (χ2v) is 5.90. The number of benzene rings is 1. The molecule has 1 saturated heterocycles. The van der Waals surface area contributed by atoms with Gasteiger partial charge < -0.3 is 10.1 Å². The molecule has 0 saturated carbocycles. The van der Waals surface area contributed by atoms with Gasteiger partial charge in [0.25, 0.3) is 5.18 Å². The van der Waals surface area contributed by atoms with E-state index in [0.29, 0.717) is 6.61 Å². The summed E-state index contributed by atoms with van der Waals surface area (Å²) in [7, 11) is 0. The lowest BCUT2D eigenvalue weighted by Crippen LogP contribution is -2.63. The third-order valence-corrected chi connectivity index (χ3v) is 4.36. The number of hydrogen-bond acceptors (Lipinski definition) is 4. The van der Waals surface area contributed by atoms with Crippen LogP contribution in [-0.2, 0) is 14.3 Å². The first-order chi connectivity index (χ1) is 10.2. The van der Waals surface area contributed by atoms with Gasteiger partial charge in [0.05, 0.1) is 12.3 Å². The van der Waals surface area contributed by atoms with E-state index in [0.717, 1.165) is 17.7 Å². The number of ether oxygens (including phenoxy) is 1. The molecule has 1 aromatic rings. The first-order valence-electron chi connectivity index (χ1n) is 6.88. The van der Waals surface area contributed by atoms with Crippen LogP contribution in [0.3, 0.4) is 0 Å².